The summed E-state index contributed by atoms with van der Waals surface area (Å²) in [7, 11) is 1.71. The molecule has 21 heavy (non-hydrogen) atoms. The molecule has 2 nitrogen and oxygen atoms in total. The predicted molar refractivity (Wildman–Crippen MR) is 91.0 cm³/mol. The highest BCUT2D eigenvalue weighted by molar-refractivity contribution is 7.98. The van der Waals surface area contributed by atoms with Gasteiger partial charge in [0.1, 0.15) is 5.75 Å². The maximum atomic E-state index is 5.26. The lowest BCUT2D eigenvalue weighted by molar-refractivity contribution is 0.414. The van der Waals surface area contributed by atoms with Gasteiger partial charge in [-0.3, -0.25) is 0 Å². The summed E-state index contributed by atoms with van der Waals surface area (Å²) in [4.78, 5) is 1.31. The normalized spacial score (nSPS) is 10.6. The van der Waals surface area contributed by atoms with E-state index < -0.39 is 0 Å². The fourth-order valence-corrected chi connectivity index (χ4v) is 3.01. The van der Waals surface area contributed by atoms with Crippen LogP contribution in [0.4, 0.5) is 0 Å². The van der Waals surface area contributed by atoms with Crippen molar-refractivity contribution in [2.24, 2.45) is 0 Å². The molecule has 0 bridgehead atoms. The number of rotatable bonds is 8. The number of hydrogen-bond acceptors (Lipinski definition) is 3. The molecule has 0 aliphatic carbocycles. The number of nitrogens with one attached hydrogen (secondary N) is 1. The molecule has 0 fully saturated rings. The summed E-state index contributed by atoms with van der Waals surface area (Å²) in [6, 6.07) is 17.0. The first-order valence-corrected chi connectivity index (χ1v) is 8.35. The largest absolute Gasteiger partial charge is 0.497 e. The van der Waals surface area contributed by atoms with Crippen LogP contribution in [0.5, 0.6) is 5.75 Å². The quantitative estimate of drug-likeness (QED) is 0.573. The highest BCUT2D eigenvalue weighted by atomic mass is 32.2. The lowest BCUT2D eigenvalue weighted by Crippen LogP contribution is -2.13. The van der Waals surface area contributed by atoms with Crippen LogP contribution >= 0.6 is 11.8 Å². The molecule has 0 saturated carbocycles. The van der Waals surface area contributed by atoms with Crippen LogP contribution in [0.1, 0.15) is 24.5 Å². The Bertz CT molecular complexity index is 556. The molecule has 3 heteroatoms. The molecule has 112 valence electrons. The predicted octanol–water partition coefficient (Wildman–Crippen LogP) is 4.49. The lowest BCUT2D eigenvalue weighted by Gasteiger charge is -2.07. The molecule has 0 aliphatic heterocycles. The summed E-state index contributed by atoms with van der Waals surface area (Å²) in [5, 5.41) is 3.44. The average Bonchev–Trinajstić information content (AvgIpc) is 2.54. The van der Waals surface area contributed by atoms with Crippen molar-refractivity contribution in [2.75, 3.05) is 13.7 Å². The van der Waals surface area contributed by atoms with E-state index in [1.54, 1.807) is 7.11 Å². The van der Waals surface area contributed by atoms with Crippen LogP contribution in [0.15, 0.2) is 53.4 Å². The second-order valence-electron chi connectivity index (χ2n) is 4.96. The molecule has 0 aliphatic rings. The molecule has 0 heterocycles. The Morgan fingerprint density at radius 3 is 2.67 bits per heavy atom. The number of methoxy groups -OCH3 is 1. The highest BCUT2D eigenvalue weighted by Crippen LogP contribution is 2.25. The zero-order valence-corrected chi connectivity index (χ0v) is 13.6. The van der Waals surface area contributed by atoms with Gasteiger partial charge in [-0.2, -0.15) is 0 Å². The van der Waals surface area contributed by atoms with Gasteiger partial charge in [-0.1, -0.05) is 31.2 Å². The van der Waals surface area contributed by atoms with Gasteiger partial charge in [0.25, 0.3) is 0 Å². The minimum Gasteiger partial charge on any atom is -0.497 e. The third-order valence-corrected chi connectivity index (χ3v) is 4.26. The van der Waals surface area contributed by atoms with Crippen molar-refractivity contribution in [1.82, 2.24) is 5.32 Å². The van der Waals surface area contributed by atoms with Crippen molar-refractivity contribution in [3.8, 4) is 5.75 Å². The lowest BCUT2D eigenvalue weighted by atomic mass is 10.2. The molecule has 0 unspecified atom stereocenters. The molecule has 0 aromatic heterocycles. The number of hydrogen-bond donors (Lipinski definition) is 1. The van der Waals surface area contributed by atoms with Gasteiger partial charge < -0.3 is 10.1 Å². The Hall–Kier alpha value is -1.45. The second-order valence-corrected chi connectivity index (χ2v) is 6.01. The van der Waals surface area contributed by atoms with Crippen LogP contribution < -0.4 is 10.1 Å². The summed E-state index contributed by atoms with van der Waals surface area (Å²) in [6.07, 6.45) is 1.17. The van der Waals surface area contributed by atoms with E-state index in [0.29, 0.717) is 0 Å². The first-order valence-electron chi connectivity index (χ1n) is 7.37. The van der Waals surface area contributed by atoms with Gasteiger partial charge in [0.15, 0.2) is 0 Å². The van der Waals surface area contributed by atoms with E-state index >= 15 is 0 Å². The van der Waals surface area contributed by atoms with Crippen molar-refractivity contribution in [3.05, 3.63) is 59.7 Å². The third kappa shape index (κ3) is 5.44. The van der Waals surface area contributed by atoms with Gasteiger partial charge in [-0.05, 0) is 48.4 Å². The first kappa shape index (κ1) is 15.9. The number of benzene rings is 2. The summed E-state index contributed by atoms with van der Waals surface area (Å²) in [5.74, 6) is 1.88. The van der Waals surface area contributed by atoms with E-state index in [-0.39, 0.29) is 0 Å². The zero-order valence-electron chi connectivity index (χ0n) is 12.8. The smallest absolute Gasteiger partial charge is 0.119 e. The maximum absolute atomic E-state index is 5.26. The molecule has 0 saturated heterocycles. The Morgan fingerprint density at radius 1 is 1.05 bits per heavy atom. The van der Waals surface area contributed by atoms with E-state index in [1.165, 1.54) is 22.4 Å². The molecule has 2 aromatic carbocycles. The van der Waals surface area contributed by atoms with E-state index in [0.717, 1.165) is 24.6 Å². The van der Waals surface area contributed by atoms with Crippen LogP contribution in [-0.4, -0.2) is 13.7 Å². The van der Waals surface area contributed by atoms with Gasteiger partial charge in [-0.15, -0.1) is 11.8 Å². The van der Waals surface area contributed by atoms with Crippen LogP contribution in [0.3, 0.4) is 0 Å². The summed E-state index contributed by atoms with van der Waals surface area (Å²) >= 11 is 1.86. The number of ether oxygens (including phenoxy) is 1. The van der Waals surface area contributed by atoms with Gasteiger partial charge in [-0.25, -0.2) is 0 Å². The molecule has 2 rings (SSSR count). The number of thioether (sulfide) groups is 1. The topological polar surface area (TPSA) is 21.3 Å². The molecule has 0 spiro atoms. The fraction of sp³-hybridized carbons (Fsp3) is 0.333. The molecular weight excluding hydrogens is 278 g/mol. The van der Waals surface area contributed by atoms with Crippen LogP contribution in [0.2, 0.25) is 0 Å². The molecule has 0 radical (unpaired) electrons. The summed E-state index contributed by atoms with van der Waals surface area (Å²) < 4.78 is 5.26. The summed E-state index contributed by atoms with van der Waals surface area (Å²) in [6.45, 7) is 4.20. The minimum atomic E-state index is 0.922. The average molecular weight is 301 g/mol. The van der Waals surface area contributed by atoms with Crippen LogP contribution in [-0.2, 0) is 12.3 Å². The van der Waals surface area contributed by atoms with Crippen molar-refractivity contribution in [1.29, 1.82) is 0 Å². The second kappa shape index (κ2) is 8.75. The van der Waals surface area contributed by atoms with Crippen LogP contribution in [0.25, 0.3) is 0 Å². The third-order valence-electron chi connectivity index (χ3n) is 3.19. The van der Waals surface area contributed by atoms with Gasteiger partial charge in [0, 0.05) is 17.2 Å². The summed E-state index contributed by atoms with van der Waals surface area (Å²) in [5.41, 5.74) is 2.63. The van der Waals surface area contributed by atoms with Crippen LogP contribution in [0, 0.1) is 0 Å². The Kier molecular flexibility index (Phi) is 6.64. The van der Waals surface area contributed by atoms with Crippen molar-refractivity contribution in [3.63, 3.8) is 0 Å². The van der Waals surface area contributed by atoms with Gasteiger partial charge in [0.05, 0.1) is 7.11 Å². The standard InChI is InChI=1S/C18H23NOS/c1-3-10-19-13-15-6-5-9-18(12-15)21-14-16-7-4-8-17(11-16)20-2/h4-9,11-12,19H,3,10,13-14H2,1-2H3. The van der Waals surface area contributed by atoms with E-state index in [9.17, 15) is 0 Å². The monoisotopic (exact) mass is 301 g/mol. The molecule has 0 amide bonds. The molecule has 1 N–H and O–H groups in total. The molecule has 0 atom stereocenters. The van der Waals surface area contributed by atoms with Crippen molar-refractivity contribution < 1.29 is 4.74 Å². The zero-order chi connectivity index (χ0) is 14.9. The fourth-order valence-electron chi connectivity index (χ4n) is 2.08. The molecule has 2 aromatic rings. The first-order chi connectivity index (χ1) is 10.3. The minimum absolute atomic E-state index is 0.922. The van der Waals surface area contributed by atoms with E-state index in [4.69, 9.17) is 4.74 Å². The SMILES string of the molecule is CCCNCc1cccc(SCc2cccc(OC)c2)c1. The van der Waals surface area contributed by atoms with Crippen molar-refractivity contribution in [2.45, 2.75) is 30.5 Å². The highest BCUT2D eigenvalue weighted by Gasteiger charge is 2.00. The Balaban J connectivity index is 1.91. The Labute approximate surface area is 131 Å². The Morgan fingerprint density at radius 2 is 1.86 bits per heavy atom. The molecular formula is C18H23NOS. The maximum Gasteiger partial charge on any atom is 0.119 e. The van der Waals surface area contributed by atoms with Gasteiger partial charge in [0.2, 0.25) is 0 Å². The van der Waals surface area contributed by atoms with E-state index in [1.807, 2.05) is 23.9 Å². The van der Waals surface area contributed by atoms with E-state index in [2.05, 4.69) is 48.6 Å². The van der Waals surface area contributed by atoms with Gasteiger partial charge >= 0.3 is 0 Å². The van der Waals surface area contributed by atoms with Crippen molar-refractivity contribution >= 4 is 11.8 Å².